The molecule has 0 bridgehead atoms. The summed E-state index contributed by atoms with van der Waals surface area (Å²) in [4.78, 5) is 11.0. The van der Waals surface area contributed by atoms with E-state index in [0.29, 0.717) is 5.69 Å². The summed E-state index contributed by atoms with van der Waals surface area (Å²) in [6.45, 7) is 0. The van der Waals surface area contributed by atoms with Crippen LogP contribution in [0.3, 0.4) is 0 Å². The number of carbonyl (C=O) groups excluding carboxylic acids is 1. The van der Waals surface area contributed by atoms with Gasteiger partial charge in [-0.1, -0.05) is 12.1 Å². The van der Waals surface area contributed by atoms with Crippen molar-refractivity contribution in [3.63, 3.8) is 0 Å². The molecule has 0 unspecified atom stereocenters. The molecule has 4 nitrogen and oxygen atoms in total. The first-order valence-corrected chi connectivity index (χ1v) is 5.24. The molecule has 0 saturated heterocycles. The highest BCUT2D eigenvalue weighted by molar-refractivity contribution is 6.02. The fourth-order valence-corrected chi connectivity index (χ4v) is 2.12. The predicted molar refractivity (Wildman–Crippen MR) is 64.6 cm³/mol. The number of rotatable bonds is 2. The summed E-state index contributed by atoms with van der Waals surface area (Å²) >= 11 is 0. The van der Waals surface area contributed by atoms with Crippen LogP contribution < -0.4 is 4.74 Å². The minimum atomic E-state index is 0.533. The maximum Gasteiger partial charge on any atom is 0.168 e. The number of hydrogen-bond donors (Lipinski definition) is 0. The van der Waals surface area contributed by atoms with Gasteiger partial charge in [0, 0.05) is 5.39 Å². The topological polar surface area (TPSA) is 43.6 Å². The van der Waals surface area contributed by atoms with E-state index in [1.165, 1.54) is 0 Å². The van der Waals surface area contributed by atoms with E-state index < -0.39 is 0 Å². The molecule has 0 radical (unpaired) electrons. The van der Waals surface area contributed by atoms with Gasteiger partial charge in [0.05, 0.1) is 18.8 Å². The van der Waals surface area contributed by atoms with E-state index in [-0.39, 0.29) is 0 Å². The fraction of sp³-hybridized carbons (Fsp3) is 0.0769. The van der Waals surface area contributed by atoms with Gasteiger partial charge in [0.15, 0.2) is 6.29 Å². The van der Waals surface area contributed by atoms with Crippen molar-refractivity contribution in [2.24, 2.45) is 0 Å². The molecular weight excluding hydrogens is 216 g/mol. The number of aldehydes is 1. The smallest absolute Gasteiger partial charge is 0.168 e. The van der Waals surface area contributed by atoms with E-state index in [9.17, 15) is 4.79 Å². The van der Waals surface area contributed by atoms with Crippen LogP contribution in [0.1, 0.15) is 10.5 Å². The van der Waals surface area contributed by atoms with Crippen LogP contribution in [0.4, 0.5) is 0 Å². The van der Waals surface area contributed by atoms with Crippen molar-refractivity contribution in [1.82, 2.24) is 9.61 Å². The first-order chi connectivity index (χ1) is 8.35. The second-order valence-electron chi connectivity index (χ2n) is 3.74. The minimum Gasteiger partial charge on any atom is -0.496 e. The first-order valence-electron chi connectivity index (χ1n) is 5.24. The minimum absolute atomic E-state index is 0.533. The average Bonchev–Trinajstić information content (AvgIpc) is 2.86. The van der Waals surface area contributed by atoms with Gasteiger partial charge in [0.25, 0.3) is 0 Å². The van der Waals surface area contributed by atoms with Gasteiger partial charge in [-0.2, -0.15) is 5.10 Å². The molecule has 0 spiro atoms. The fourth-order valence-electron chi connectivity index (χ4n) is 2.12. The number of ether oxygens (including phenoxy) is 1. The Morgan fingerprint density at radius 1 is 1.35 bits per heavy atom. The molecule has 0 aliphatic rings. The van der Waals surface area contributed by atoms with E-state index in [2.05, 4.69) is 5.10 Å². The van der Waals surface area contributed by atoms with Crippen molar-refractivity contribution in [1.29, 1.82) is 0 Å². The molecular formula is C13H10N2O2. The van der Waals surface area contributed by atoms with E-state index in [1.54, 1.807) is 17.8 Å². The molecule has 0 N–H and O–H groups in total. The first kappa shape index (κ1) is 9.84. The van der Waals surface area contributed by atoms with Crippen molar-refractivity contribution in [2.75, 3.05) is 7.11 Å². The number of nitrogens with zero attached hydrogens (tertiary/aromatic N) is 2. The van der Waals surface area contributed by atoms with Crippen molar-refractivity contribution in [3.8, 4) is 5.75 Å². The maximum atomic E-state index is 11.0. The van der Waals surface area contributed by atoms with Crippen LogP contribution in [0.25, 0.3) is 16.3 Å². The van der Waals surface area contributed by atoms with E-state index in [0.717, 1.165) is 28.3 Å². The zero-order valence-corrected chi connectivity index (χ0v) is 9.25. The van der Waals surface area contributed by atoms with Crippen LogP contribution in [0, 0.1) is 0 Å². The van der Waals surface area contributed by atoms with Crippen molar-refractivity contribution < 1.29 is 9.53 Å². The van der Waals surface area contributed by atoms with Crippen LogP contribution in [0.2, 0.25) is 0 Å². The molecule has 4 heteroatoms. The third kappa shape index (κ3) is 1.30. The lowest BCUT2D eigenvalue weighted by Gasteiger charge is -2.08. The van der Waals surface area contributed by atoms with Crippen LogP contribution in [0.15, 0.2) is 36.5 Å². The second kappa shape index (κ2) is 3.59. The van der Waals surface area contributed by atoms with Crippen molar-refractivity contribution in [3.05, 3.63) is 42.2 Å². The SMILES string of the molecule is COc1cccc2cc(C=O)n3nccc3c12. The number of methoxy groups -OCH3 is 1. The summed E-state index contributed by atoms with van der Waals surface area (Å²) in [6.07, 6.45) is 2.48. The van der Waals surface area contributed by atoms with Gasteiger partial charge in [-0.25, -0.2) is 4.52 Å². The molecule has 1 aromatic carbocycles. The number of aromatic nitrogens is 2. The summed E-state index contributed by atoms with van der Waals surface area (Å²) in [6, 6.07) is 9.44. The quantitative estimate of drug-likeness (QED) is 0.630. The molecule has 3 aromatic rings. The highest BCUT2D eigenvalue weighted by Gasteiger charge is 2.10. The summed E-state index contributed by atoms with van der Waals surface area (Å²) in [5.74, 6) is 0.783. The lowest BCUT2D eigenvalue weighted by Crippen LogP contribution is -1.98. The van der Waals surface area contributed by atoms with E-state index in [1.807, 2.05) is 30.3 Å². The lowest BCUT2D eigenvalue weighted by molar-refractivity contribution is 0.111. The Morgan fingerprint density at radius 2 is 2.24 bits per heavy atom. The Kier molecular flexibility index (Phi) is 2.08. The number of fused-ring (bicyclic) bond motifs is 3. The highest BCUT2D eigenvalue weighted by Crippen LogP contribution is 2.30. The van der Waals surface area contributed by atoms with Gasteiger partial charge in [0.2, 0.25) is 0 Å². The highest BCUT2D eigenvalue weighted by atomic mass is 16.5. The molecule has 2 aromatic heterocycles. The van der Waals surface area contributed by atoms with Gasteiger partial charge in [-0.05, 0) is 23.6 Å². The van der Waals surface area contributed by atoms with Gasteiger partial charge in [0.1, 0.15) is 11.4 Å². The normalized spacial score (nSPS) is 10.9. The molecule has 84 valence electrons. The lowest BCUT2D eigenvalue weighted by atomic mass is 10.1. The maximum absolute atomic E-state index is 11.0. The summed E-state index contributed by atoms with van der Waals surface area (Å²) in [5, 5.41) is 6.09. The number of benzene rings is 1. The summed E-state index contributed by atoms with van der Waals surface area (Å²) < 4.78 is 6.97. The van der Waals surface area contributed by atoms with Crippen LogP contribution in [-0.2, 0) is 0 Å². The Morgan fingerprint density at radius 3 is 3.00 bits per heavy atom. The third-order valence-corrected chi connectivity index (χ3v) is 2.85. The molecule has 0 fully saturated rings. The molecule has 0 aliphatic carbocycles. The molecule has 2 heterocycles. The van der Waals surface area contributed by atoms with Gasteiger partial charge >= 0.3 is 0 Å². The van der Waals surface area contributed by atoms with Crippen LogP contribution >= 0.6 is 0 Å². The van der Waals surface area contributed by atoms with E-state index >= 15 is 0 Å². The molecule has 0 aliphatic heterocycles. The molecule has 17 heavy (non-hydrogen) atoms. The van der Waals surface area contributed by atoms with E-state index in [4.69, 9.17) is 4.74 Å². The zero-order valence-electron chi connectivity index (χ0n) is 9.25. The number of carbonyl (C=O) groups is 1. The molecule has 0 amide bonds. The van der Waals surface area contributed by atoms with Gasteiger partial charge < -0.3 is 4.74 Å². The van der Waals surface area contributed by atoms with Gasteiger partial charge in [-0.3, -0.25) is 4.79 Å². The standard InChI is InChI=1S/C13H10N2O2/c1-17-12-4-2-3-9-7-10(8-16)15-11(13(9)12)5-6-14-15/h2-8H,1H3. The summed E-state index contributed by atoms with van der Waals surface area (Å²) in [7, 11) is 1.63. The number of pyridine rings is 1. The molecule has 3 rings (SSSR count). The molecule has 0 saturated carbocycles. The monoisotopic (exact) mass is 226 g/mol. The Bertz CT molecular complexity index is 716. The Labute approximate surface area is 97.4 Å². The largest absolute Gasteiger partial charge is 0.496 e. The zero-order chi connectivity index (χ0) is 11.8. The number of hydrogen-bond acceptors (Lipinski definition) is 3. The second-order valence-corrected chi connectivity index (χ2v) is 3.74. The average molecular weight is 226 g/mol. The Balaban J connectivity index is 2.59. The molecule has 0 atom stereocenters. The van der Waals surface area contributed by atoms with Crippen molar-refractivity contribution >= 4 is 22.6 Å². The Hall–Kier alpha value is -2.36. The van der Waals surface area contributed by atoms with Gasteiger partial charge in [-0.15, -0.1) is 0 Å². The third-order valence-electron chi connectivity index (χ3n) is 2.85. The summed E-state index contributed by atoms with van der Waals surface area (Å²) in [5.41, 5.74) is 1.41. The van der Waals surface area contributed by atoms with Crippen molar-refractivity contribution in [2.45, 2.75) is 0 Å². The van der Waals surface area contributed by atoms with Crippen LogP contribution in [-0.4, -0.2) is 23.0 Å². The van der Waals surface area contributed by atoms with Crippen LogP contribution in [0.5, 0.6) is 5.75 Å². The predicted octanol–water partition coefficient (Wildman–Crippen LogP) is 2.31.